The molecule has 2 aromatic rings. The third kappa shape index (κ3) is 2.27. The molecule has 0 saturated carbocycles. The molecule has 1 aliphatic rings. The first-order valence-corrected chi connectivity index (χ1v) is 6.46. The Balaban J connectivity index is 2.13. The molecule has 0 atom stereocenters. The molecule has 0 radical (unpaired) electrons. The first kappa shape index (κ1) is 12.0. The van der Waals surface area contributed by atoms with E-state index >= 15 is 0 Å². The van der Waals surface area contributed by atoms with Gasteiger partial charge in [0.1, 0.15) is 0 Å². The molecule has 0 unspecified atom stereocenters. The topological polar surface area (TPSA) is 29.1 Å². The average molecular weight is 270 g/mol. The fourth-order valence-electron chi connectivity index (χ4n) is 2.29. The van der Waals surface area contributed by atoms with E-state index in [1.165, 1.54) is 0 Å². The lowest BCUT2D eigenvalue weighted by Gasteiger charge is -2.05. The molecule has 0 aromatic heterocycles. The Labute approximate surface area is 116 Å². The number of benzene rings is 2. The monoisotopic (exact) mass is 269 g/mol. The molecule has 19 heavy (non-hydrogen) atoms. The fraction of sp³-hybridized carbons (Fsp3) is 0.0625. The number of amides is 1. The molecule has 2 aromatic carbocycles. The van der Waals surface area contributed by atoms with Crippen molar-refractivity contribution >= 4 is 28.7 Å². The normalized spacial score (nSPS) is 14.7. The molecule has 3 rings (SSSR count). The van der Waals surface area contributed by atoms with Crippen LogP contribution in [0, 0.1) is 0 Å². The van der Waals surface area contributed by atoms with E-state index in [9.17, 15) is 4.79 Å². The highest BCUT2D eigenvalue weighted by atomic mass is 35.5. The number of carbonyl (C=O) groups is 1. The van der Waals surface area contributed by atoms with E-state index in [0.29, 0.717) is 11.6 Å². The average Bonchev–Trinajstić information content (AvgIpc) is 2.82. The summed E-state index contributed by atoms with van der Waals surface area (Å²) in [6, 6.07) is 17.3. The van der Waals surface area contributed by atoms with Crippen LogP contribution in [0.1, 0.15) is 11.1 Å². The Morgan fingerprint density at radius 3 is 2.26 bits per heavy atom. The summed E-state index contributed by atoms with van der Waals surface area (Å²) in [5.74, 6) is -0.0175. The lowest BCUT2D eigenvalue weighted by molar-refractivity contribution is -0.114. The molecule has 1 aliphatic heterocycles. The van der Waals surface area contributed by atoms with Crippen molar-refractivity contribution in [2.24, 2.45) is 0 Å². The van der Waals surface area contributed by atoms with Crippen molar-refractivity contribution in [2.45, 2.75) is 0 Å². The van der Waals surface area contributed by atoms with Gasteiger partial charge in [-0.1, -0.05) is 54.1 Å². The second-order valence-electron chi connectivity index (χ2n) is 4.41. The Morgan fingerprint density at radius 2 is 1.58 bits per heavy atom. The highest BCUT2D eigenvalue weighted by Gasteiger charge is 2.24. The number of rotatable bonds is 2. The first-order valence-electron chi connectivity index (χ1n) is 6.08. The minimum Gasteiger partial charge on any atom is -0.348 e. The fourth-order valence-corrected chi connectivity index (χ4v) is 2.42. The van der Waals surface area contributed by atoms with Crippen LogP contribution in [0.5, 0.6) is 0 Å². The molecule has 0 aliphatic carbocycles. The van der Waals surface area contributed by atoms with Crippen LogP contribution in [-0.2, 0) is 4.79 Å². The van der Waals surface area contributed by atoms with Crippen molar-refractivity contribution in [1.29, 1.82) is 0 Å². The van der Waals surface area contributed by atoms with Gasteiger partial charge in [-0.25, -0.2) is 0 Å². The summed E-state index contributed by atoms with van der Waals surface area (Å²) in [6.45, 7) is 0.560. The highest BCUT2D eigenvalue weighted by Crippen LogP contribution is 2.30. The Morgan fingerprint density at radius 1 is 0.895 bits per heavy atom. The third-order valence-electron chi connectivity index (χ3n) is 3.21. The third-order valence-corrected chi connectivity index (χ3v) is 3.46. The molecule has 1 N–H and O–H groups in total. The molecule has 3 heteroatoms. The van der Waals surface area contributed by atoms with E-state index in [0.717, 1.165) is 22.3 Å². The molecule has 0 fully saturated rings. The predicted molar refractivity (Wildman–Crippen MR) is 77.7 cm³/mol. The van der Waals surface area contributed by atoms with Crippen LogP contribution in [0.2, 0.25) is 5.02 Å². The minimum absolute atomic E-state index is 0.0175. The maximum absolute atomic E-state index is 12.0. The van der Waals surface area contributed by atoms with Crippen LogP contribution in [0.3, 0.4) is 0 Å². The largest absolute Gasteiger partial charge is 0.348 e. The van der Waals surface area contributed by atoms with Crippen molar-refractivity contribution in [2.75, 3.05) is 6.54 Å². The van der Waals surface area contributed by atoms with Gasteiger partial charge < -0.3 is 5.32 Å². The standard InChI is InChI=1S/C16H12ClNO/c17-13-8-6-11(7-9-13)14-10-18-16(19)15(14)12-4-2-1-3-5-12/h1-9H,10H2,(H,18,19). The zero-order valence-electron chi connectivity index (χ0n) is 10.2. The van der Waals surface area contributed by atoms with Gasteiger partial charge in [0.25, 0.3) is 5.91 Å². The smallest absolute Gasteiger partial charge is 0.252 e. The zero-order valence-corrected chi connectivity index (χ0v) is 10.9. The quantitative estimate of drug-likeness (QED) is 0.890. The van der Waals surface area contributed by atoms with Gasteiger partial charge in [0, 0.05) is 11.6 Å². The summed E-state index contributed by atoms with van der Waals surface area (Å²) in [6.07, 6.45) is 0. The van der Waals surface area contributed by atoms with Crippen LogP contribution < -0.4 is 5.32 Å². The van der Waals surface area contributed by atoms with Gasteiger partial charge in [-0.05, 0) is 28.8 Å². The second-order valence-corrected chi connectivity index (χ2v) is 4.85. The van der Waals surface area contributed by atoms with Gasteiger partial charge in [-0.3, -0.25) is 4.79 Å². The summed E-state index contributed by atoms with van der Waals surface area (Å²) in [5.41, 5.74) is 3.75. The molecule has 0 saturated heterocycles. The molecule has 1 amide bonds. The highest BCUT2D eigenvalue weighted by molar-refractivity contribution is 6.31. The van der Waals surface area contributed by atoms with Crippen molar-refractivity contribution in [3.8, 4) is 0 Å². The van der Waals surface area contributed by atoms with Gasteiger partial charge in [0.05, 0.1) is 5.57 Å². The van der Waals surface area contributed by atoms with E-state index in [4.69, 9.17) is 11.6 Å². The van der Waals surface area contributed by atoms with Crippen molar-refractivity contribution in [3.05, 3.63) is 70.7 Å². The number of hydrogen-bond acceptors (Lipinski definition) is 1. The van der Waals surface area contributed by atoms with Crippen LogP contribution in [0.15, 0.2) is 54.6 Å². The van der Waals surface area contributed by atoms with Crippen LogP contribution in [0.25, 0.3) is 11.1 Å². The maximum Gasteiger partial charge on any atom is 0.252 e. The van der Waals surface area contributed by atoms with E-state index in [1.807, 2.05) is 54.6 Å². The van der Waals surface area contributed by atoms with Crippen LogP contribution in [0.4, 0.5) is 0 Å². The first-order chi connectivity index (χ1) is 9.25. The van der Waals surface area contributed by atoms with Crippen molar-refractivity contribution in [1.82, 2.24) is 5.32 Å². The van der Waals surface area contributed by atoms with Gasteiger partial charge >= 0.3 is 0 Å². The van der Waals surface area contributed by atoms with E-state index in [-0.39, 0.29) is 5.91 Å². The SMILES string of the molecule is O=C1NCC(c2ccc(Cl)cc2)=C1c1ccccc1. The van der Waals surface area contributed by atoms with Crippen molar-refractivity contribution in [3.63, 3.8) is 0 Å². The minimum atomic E-state index is -0.0175. The molecule has 0 bridgehead atoms. The second kappa shape index (κ2) is 4.90. The van der Waals surface area contributed by atoms with Crippen LogP contribution in [-0.4, -0.2) is 12.5 Å². The Bertz CT molecular complexity index is 644. The zero-order chi connectivity index (χ0) is 13.2. The number of carbonyl (C=O) groups excluding carboxylic acids is 1. The molecular formula is C16H12ClNO. The Hall–Kier alpha value is -2.06. The van der Waals surface area contributed by atoms with Gasteiger partial charge in [0.15, 0.2) is 0 Å². The van der Waals surface area contributed by atoms with Crippen molar-refractivity contribution < 1.29 is 4.79 Å². The van der Waals surface area contributed by atoms with E-state index < -0.39 is 0 Å². The molecular weight excluding hydrogens is 258 g/mol. The summed E-state index contributed by atoms with van der Waals surface area (Å²) < 4.78 is 0. The number of nitrogens with one attached hydrogen (secondary N) is 1. The number of hydrogen-bond donors (Lipinski definition) is 1. The van der Waals surface area contributed by atoms with Gasteiger partial charge in [0.2, 0.25) is 0 Å². The number of halogens is 1. The maximum atomic E-state index is 12.0. The molecule has 0 spiro atoms. The molecule has 1 heterocycles. The summed E-state index contributed by atoms with van der Waals surface area (Å²) >= 11 is 5.90. The predicted octanol–water partition coefficient (Wildman–Crippen LogP) is 3.38. The van der Waals surface area contributed by atoms with E-state index in [2.05, 4.69) is 5.32 Å². The summed E-state index contributed by atoms with van der Waals surface area (Å²) in [7, 11) is 0. The summed E-state index contributed by atoms with van der Waals surface area (Å²) in [4.78, 5) is 12.0. The Kier molecular flexibility index (Phi) is 3.10. The lowest BCUT2D eigenvalue weighted by atomic mass is 9.97. The molecule has 2 nitrogen and oxygen atoms in total. The van der Waals surface area contributed by atoms with Gasteiger partial charge in [-0.2, -0.15) is 0 Å². The lowest BCUT2D eigenvalue weighted by Crippen LogP contribution is -2.16. The van der Waals surface area contributed by atoms with Gasteiger partial charge in [-0.15, -0.1) is 0 Å². The van der Waals surface area contributed by atoms with E-state index in [1.54, 1.807) is 0 Å². The van der Waals surface area contributed by atoms with Crippen LogP contribution >= 0.6 is 11.6 Å². The molecule has 94 valence electrons. The summed E-state index contributed by atoms with van der Waals surface area (Å²) in [5, 5.41) is 3.58.